The van der Waals surface area contributed by atoms with E-state index in [4.69, 9.17) is 4.52 Å². The number of carbonyl (C=O) groups excluding carboxylic acids is 2. The molecule has 160 valence electrons. The Hall–Kier alpha value is -2.74. The number of hydrogen-bond acceptors (Lipinski definition) is 6. The monoisotopic (exact) mass is 411 g/mol. The highest BCUT2D eigenvalue weighted by Gasteiger charge is 2.33. The van der Waals surface area contributed by atoms with Crippen molar-refractivity contribution in [1.29, 1.82) is 0 Å². The zero-order chi connectivity index (χ0) is 20.9. The van der Waals surface area contributed by atoms with E-state index in [1.165, 1.54) is 0 Å². The molecule has 2 aromatic heterocycles. The van der Waals surface area contributed by atoms with Gasteiger partial charge in [-0.25, -0.2) is 0 Å². The molecule has 1 atom stereocenters. The first kappa shape index (κ1) is 20.5. The summed E-state index contributed by atoms with van der Waals surface area (Å²) in [5.41, 5.74) is 1.59. The second-order valence-corrected chi connectivity index (χ2v) is 8.23. The minimum Gasteiger partial charge on any atom is -0.351 e. The molecular formula is C22H29N5O3. The second-order valence-electron chi connectivity index (χ2n) is 8.23. The van der Waals surface area contributed by atoms with Crippen LogP contribution in [0.15, 0.2) is 35.0 Å². The third-order valence-electron chi connectivity index (χ3n) is 6.10. The maximum absolute atomic E-state index is 12.7. The zero-order valence-electron chi connectivity index (χ0n) is 17.4. The molecule has 2 amide bonds. The van der Waals surface area contributed by atoms with Gasteiger partial charge in [-0.15, -0.1) is 0 Å². The van der Waals surface area contributed by atoms with Crippen molar-refractivity contribution in [2.45, 2.75) is 45.2 Å². The molecule has 1 N–H and O–H groups in total. The number of piperidine rings is 2. The number of rotatable bonds is 5. The fourth-order valence-electron chi connectivity index (χ4n) is 4.43. The van der Waals surface area contributed by atoms with Crippen molar-refractivity contribution >= 4 is 11.8 Å². The molecule has 2 aliphatic rings. The normalized spacial score (nSPS) is 20.8. The molecule has 0 spiro atoms. The molecule has 4 rings (SSSR count). The molecule has 1 unspecified atom stereocenters. The Morgan fingerprint density at radius 2 is 2.03 bits per heavy atom. The van der Waals surface area contributed by atoms with E-state index >= 15 is 0 Å². The van der Waals surface area contributed by atoms with Crippen molar-refractivity contribution < 1.29 is 14.1 Å². The predicted octanol–water partition coefficient (Wildman–Crippen LogP) is 2.01. The Morgan fingerprint density at radius 3 is 2.73 bits per heavy atom. The molecule has 2 aliphatic heterocycles. The van der Waals surface area contributed by atoms with Crippen molar-refractivity contribution in [3.63, 3.8) is 0 Å². The predicted molar refractivity (Wildman–Crippen MR) is 111 cm³/mol. The summed E-state index contributed by atoms with van der Waals surface area (Å²) in [6.45, 7) is 5.49. The zero-order valence-corrected chi connectivity index (χ0v) is 17.4. The lowest BCUT2D eigenvalue weighted by Crippen LogP contribution is -2.51. The van der Waals surface area contributed by atoms with E-state index in [9.17, 15) is 9.59 Å². The number of likely N-dealkylation sites (tertiary alicyclic amines) is 2. The van der Waals surface area contributed by atoms with Crippen LogP contribution in [0.1, 0.15) is 47.6 Å². The molecule has 0 aromatic carbocycles. The van der Waals surface area contributed by atoms with Gasteiger partial charge in [-0.1, -0.05) is 11.2 Å². The van der Waals surface area contributed by atoms with Gasteiger partial charge in [-0.2, -0.15) is 0 Å². The van der Waals surface area contributed by atoms with E-state index in [0.717, 1.165) is 44.5 Å². The Balaban J connectivity index is 1.26. The largest absolute Gasteiger partial charge is 0.351 e. The Morgan fingerprint density at radius 1 is 1.20 bits per heavy atom. The van der Waals surface area contributed by atoms with Crippen LogP contribution in [0.4, 0.5) is 0 Å². The van der Waals surface area contributed by atoms with Crippen LogP contribution in [0.2, 0.25) is 0 Å². The number of pyridine rings is 1. The molecule has 0 aliphatic carbocycles. The smallest absolute Gasteiger partial charge is 0.292 e. The number of amides is 2. The van der Waals surface area contributed by atoms with Crippen LogP contribution in [0, 0.1) is 12.8 Å². The first-order chi connectivity index (χ1) is 14.6. The van der Waals surface area contributed by atoms with Gasteiger partial charge in [0.25, 0.3) is 5.91 Å². The fraction of sp³-hybridized carbons (Fsp3) is 0.545. The molecule has 0 bridgehead atoms. The van der Waals surface area contributed by atoms with E-state index < -0.39 is 0 Å². The van der Waals surface area contributed by atoms with E-state index in [1.54, 1.807) is 12.3 Å². The SMILES string of the molecule is Cc1cc(C(=O)N2CCC(N3CCCC(C(=O)NCc4ccccn4)C3)CC2)on1. The summed E-state index contributed by atoms with van der Waals surface area (Å²) in [5, 5.41) is 6.84. The lowest BCUT2D eigenvalue weighted by atomic mass is 9.93. The minimum atomic E-state index is -0.0838. The number of aromatic nitrogens is 2. The number of nitrogens with one attached hydrogen (secondary N) is 1. The molecule has 8 heteroatoms. The van der Waals surface area contributed by atoms with Crippen LogP contribution in [-0.4, -0.2) is 64.0 Å². The topological polar surface area (TPSA) is 91.6 Å². The fourth-order valence-corrected chi connectivity index (χ4v) is 4.43. The number of nitrogens with zero attached hydrogens (tertiary/aromatic N) is 4. The summed E-state index contributed by atoms with van der Waals surface area (Å²) < 4.78 is 5.12. The van der Waals surface area contributed by atoms with E-state index in [-0.39, 0.29) is 17.7 Å². The van der Waals surface area contributed by atoms with Gasteiger partial charge in [-0.3, -0.25) is 19.5 Å². The van der Waals surface area contributed by atoms with Crippen LogP contribution in [0.25, 0.3) is 0 Å². The van der Waals surface area contributed by atoms with Gasteiger partial charge in [0.2, 0.25) is 11.7 Å². The van der Waals surface area contributed by atoms with Gasteiger partial charge in [0, 0.05) is 37.9 Å². The second kappa shape index (κ2) is 9.38. The van der Waals surface area contributed by atoms with Crippen molar-refractivity contribution in [1.82, 2.24) is 25.3 Å². The van der Waals surface area contributed by atoms with Gasteiger partial charge in [-0.05, 0) is 51.3 Å². The molecule has 2 fully saturated rings. The first-order valence-corrected chi connectivity index (χ1v) is 10.7. The van der Waals surface area contributed by atoms with Gasteiger partial charge >= 0.3 is 0 Å². The average Bonchev–Trinajstić information content (AvgIpc) is 3.24. The van der Waals surface area contributed by atoms with Crippen LogP contribution >= 0.6 is 0 Å². The summed E-state index contributed by atoms with van der Waals surface area (Å²) >= 11 is 0. The molecule has 2 saturated heterocycles. The summed E-state index contributed by atoms with van der Waals surface area (Å²) in [6, 6.07) is 7.82. The minimum absolute atomic E-state index is 0.0132. The Kier molecular flexibility index (Phi) is 6.42. The van der Waals surface area contributed by atoms with E-state index in [1.807, 2.05) is 30.0 Å². The molecule has 30 heavy (non-hydrogen) atoms. The summed E-state index contributed by atoms with van der Waals surface area (Å²) in [5.74, 6) is 0.353. The lowest BCUT2D eigenvalue weighted by molar-refractivity contribution is -0.127. The standard InChI is InChI=1S/C22H29N5O3/c1-16-13-20(30-25-16)22(29)26-11-7-19(8-12-26)27-10-4-5-17(15-27)21(28)24-14-18-6-2-3-9-23-18/h2-3,6,9,13,17,19H,4-5,7-8,10-12,14-15H2,1H3,(H,24,28). The highest BCUT2D eigenvalue weighted by Crippen LogP contribution is 2.25. The third-order valence-corrected chi connectivity index (χ3v) is 6.10. The molecule has 2 aromatic rings. The number of aryl methyl sites for hydroxylation is 1. The van der Waals surface area contributed by atoms with Gasteiger partial charge in [0.15, 0.2) is 0 Å². The van der Waals surface area contributed by atoms with Crippen molar-refractivity contribution in [2.24, 2.45) is 5.92 Å². The van der Waals surface area contributed by atoms with Crippen molar-refractivity contribution in [2.75, 3.05) is 26.2 Å². The molecule has 0 radical (unpaired) electrons. The van der Waals surface area contributed by atoms with Crippen LogP contribution in [-0.2, 0) is 11.3 Å². The van der Waals surface area contributed by atoms with Gasteiger partial charge in [0.05, 0.1) is 23.9 Å². The van der Waals surface area contributed by atoms with E-state index in [2.05, 4.69) is 20.4 Å². The van der Waals surface area contributed by atoms with Crippen LogP contribution in [0.3, 0.4) is 0 Å². The van der Waals surface area contributed by atoms with E-state index in [0.29, 0.717) is 37.1 Å². The highest BCUT2D eigenvalue weighted by molar-refractivity contribution is 5.91. The van der Waals surface area contributed by atoms with Crippen molar-refractivity contribution in [3.8, 4) is 0 Å². The highest BCUT2D eigenvalue weighted by atomic mass is 16.5. The molecule has 8 nitrogen and oxygen atoms in total. The number of hydrogen-bond donors (Lipinski definition) is 1. The van der Waals surface area contributed by atoms with Crippen LogP contribution in [0.5, 0.6) is 0 Å². The average molecular weight is 412 g/mol. The molecule has 4 heterocycles. The maximum Gasteiger partial charge on any atom is 0.292 e. The third kappa shape index (κ3) is 4.87. The molecule has 0 saturated carbocycles. The summed E-state index contributed by atoms with van der Waals surface area (Å²) in [6.07, 6.45) is 5.53. The lowest BCUT2D eigenvalue weighted by Gasteiger charge is -2.41. The van der Waals surface area contributed by atoms with Crippen LogP contribution < -0.4 is 5.32 Å². The maximum atomic E-state index is 12.7. The number of carbonyl (C=O) groups is 2. The summed E-state index contributed by atoms with van der Waals surface area (Å²) in [7, 11) is 0. The van der Waals surface area contributed by atoms with Gasteiger partial charge in [0.1, 0.15) is 0 Å². The Labute approximate surface area is 176 Å². The quantitative estimate of drug-likeness (QED) is 0.809. The summed E-state index contributed by atoms with van der Waals surface area (Å²) in [4.78, 5) is 33.8. The Bertz CT molecular complexity index is 861. The molecular weight excluding hydrogens is 382 g/mol. The first-order valence-electron chi connectivity index (χ1n) is 10.7. The van der Waals surface area contributed by atoms with Crippen molar-refractivity contribution in [3.05, 3.63) is 47.6 Å². The van der Waals surface area contributed by atoms with Gasteiger partial charge < -0.3 is 14.7 Å².